The zero-order chi connectivity index (χ0) is 20.1. The van der Waals surface area contributed by atoms with E-state index in [4.69, 9.17) is 9.47 Å². The summed E-state index contributed by atoms with van der Waals surface area (Å²) >= 11 is 0. The molecular formula is C21H22FN3O3. The molecular weight excluding hydrogens is 361 g/mol. The molecule has 1 amide bonds. The summed E-state index contributed by atoms with van der Waals surface area (Å²) in [6.45, 7) is 2.04. The summed E-state index contributed by atoms with van der Waals surface area (Å²) in [6, 6.07) is 10.8. The van der Waals surface area contributed by atoms with Crippen molar-refractivity contribution < 1.29 is 18.7 Å². The predicted molar refractivity (Wildman–Crippen MR) is 105 cm³/mol. The number of nitrogens with one attached hydrogen (secondary N) is 2. The Morgan fingerprint density at radius 3 is 2.46 bits per heavy atom. The highest BCUT2D eigenvalue weighted by Gasteiger charge is 2.19. The van der Waals surface area contributed by atoms with Gasteiger partial charge in [-0.25, -0.2) is 4.39 Å². The van der Waals surface area contributed by atoms with Gasteiger partial charge in [0.15, 0.2) is 11.5 Å². The van der Waals surface area contributed by atoms with E-state index in [1.54, 1.807) is 26.4 Å². The van der Waals surface area contributed by atoms with Gasteiger partial charge in [0, 0.05) is 11.1 Å². The highest BCUT2D eigenvalue weighted by Crippen LogP contribution is 2.36. The number of aryl methyl sites for hydroxylation is 1. The van der Waals surface area contributed by atoms with Crippen LogP contribution in [0.5, 0.6) is 11.5 Å². The second-order valence-electron chi connectivity index (χ2n) is 6.21. The third-order valence-corrected chi connectivity index (χ3v) is 4.34. The largest absolute Gasteiger partial charge is 0.493 e. The third kappa shape index (κ3) is 3.98. The normalized spacial score (nSPS) is 10.6. The van der Waals surface area contributed by atoms with Gasteiger partial charge in [-0.05, 0) is 48.9 Å². The Morgan fingerprint density at radius 2 is 1.82 bits per heavy atom. The maximum atomic E-state index is 13.1. The summed E-state index contributed by atoms with van der Waals surface area (Å²) in [5, 5.41) is 10.3. The first-order valence-electron chi connectivity index (χ1n) is 8.94. The maximum absolute atomic E-state index is 13.1. The molecule has 3 aromatic rings. The fourth-order valence-corrected chi connectivity index (χ4v) is 2.92. The molecule has 0 spiro atoms. The first kappa shape index (κ1) is 19.4. The Hall–Kier alpha value is -3.35. The van der Waals surface area contributed by atoms with Crippen molar-refractivity contribution >= 4 is 11.6 Å². The quantitative estimate of drug-likeness (QED) is 0.632. The van der Waals surface area contributed by atoms with Crippen molar-refractivity contribution in [2.24, 2.45) is 0 Å². The molecule has 0 saturated carbocycles. The SMILES string of the molecule is CCCc1[nH]nc(-c2ccc(OC)c(OC)c2)c1NC(=O)c1ccc(F)cc1. The molecule has 2 N–H and O–H groups in total. The van der Waals surface area contributed by atoms with E-state index >= 15 is 0 Å². The van der Waals surface area contributed by atoms with Gasteiger partial charge in [-0.15, -0.1) is 0 Å². The molecule has 0 bridgehead atoms. The van der Waals surface area contributed by atoms with Gasteiger partial charge in [-0.3, -0.25) is 9.89 Å². The lowest BCUT2D eigenvalue weighted by molar-refractivity contribution is 0.102. The summed E-state index contributed by atoms with van der Waals surface area (Å²) in [6.07, 6.45) is 1.60. The van der Waals surface area contributed by atoms with Crippen LogP contribution in [0.15, 0.2) is 42.5 Å². The average Bonchev–Trinajstić information content (AvgIpc) is 3.10. The smallest absolute Gasteiger partial charge is 0.255 e. The number of nitrogens with zero attached hydrogens (tertiary/aromatic N) is 1. The summed E-state index contributed by atoms with van der Waals surface area (Å²) in [7, 11) is 3.13. The van der Waals surface area contributed by atoms with Gasteiger partial charge < -0.3 is 14.8 Å². The molecule has 0 fully saturated rings. The lowest BCUT2D eigenvalue weighted by Crippen LogP contribution is -2.13. The predicted octanol–water partition coefficient (Wildman–Crippen LogP) is 4.44. The standard InChI is InChI=1S/C21H22FN3O3/c1-4-5-16-20(23-21(26)13-6-9-15(22)10-7-13)19(25-24-16)14-8-11-17(27-2)18(12-14)28-3/h6-12H,4-5H2,1-3H3,(H,23,26)(H,24,25). The van der Waals surface area contributed by atoms with Crippen LogP contribution in [0.3, 0.4) is 0 Å². The van der Waals surface area contributed by atoms with Crippen LogP contribution in [0.1, 0.15) is 29.4 Å². The number of ether oxygens (including phenoxy) is 2. The van der Waals surface area contributed by atoms with Gasteiger partial charge in [0.05, 0.1) is 25.6 Å². The average molecular weight is 383 g/mol. The Labute approximate surface area is 162 Å². The van der Waals surface area contributed by atoms with Crippen molar-refractivity contribution in [1.82, 2.24) is 10.2 Å². The number of hydrogen-bond donors (Lipinski definition) is 2. The Kier molecular flexibility index (Phi) is 5.93. The zero-order valence-electron chi connectivity index (χ0n) is 16.0. The minimum atomic E-state index is -0.391. The number of amides is 1. The molecule has 0 aliphatic heterocycles. The number of halogens is 1. The molecule has 0 aliphatic rings. The molecule has 7 heteroatoms. The minimum absolute atomic E-state index is 0.333. The summed E-state index contributed by atoms with van der Waals surface area (Å²) in [5.41, 5.74) is 3.15. The molecule has 2 aromatic carbocycles. The van der Waals surface area contributed by atoms with Gasteiger partial charge >= 0.3 is 0 Å². The number of carbonyl (C=O) groups is 1. The van der Waals surface area contributed by atoms with Crippen molar-refractivity contribution in [2.75, 3.05) is 19.5 Å². The fourth-order valence-electron chi connectivity index (χ4n) is 2.92. The van der Waals surface area contributed by atoms with Gasteiger partial charge in [-0.2, -0.15) is 5.10 Å². The molecule has 28 heavy (non-hydrogen) atoms. The molecule has 0 saturated heterocycles. The molecule has 0 unspecified atom stereocenters. The Bertz CT molecular complexity index is 968. The van der Waals surface area contributed by atoms with Crippen molar-refractivity contribution in [3.8, 4) is 22.8 Å². The lowest BCUT2D eigenvalue weighted by atomic mass is 10.1. The van der Waals surface area contributed by atoms with Crippen molar-refractivity contribution in [3.63, 3.8) is 0 Å². The summed E-state index contributed by atoms with van der Waals surface area (Å²) in [5.74, 6) is 0.446. The molecule has 0 aliphatic carbocycles. The van der Waals surface area contributed by atoms with Crippen LogP contribution in [-0.4, -0.2) is 30.3 Å². The number of aromatic amines is 1. The number of H-pyrrole nitrogens is 1. The van der Waals surface area contributed by atoms with Crippen molar-refractivity contribution in [1.29, 1.82) is 0 Å². The van der Waals surface area contributed by atoms with Gasteiger partial charge in [0.1, 0.15) is 11.5 Å². The zero-order valence-corrected chi connectivity index (χ0v) is 16.0. The number of hydrogen-bond acceptors (Lipinski definition) is 4. The lowest BCUT2D eigenvalue weighted by Gasteiger charge is -2.11. The van der Waals surface area contributed by atoms with Crippen LogP contribution in [0.25, 0.3) is 11.3 Å². The van der Waals surface area contributed by atoms with Crippen LogP contribution in [-0.2, 0) is 6.42 Å². The highest BCUT2D eigenvalue weighted by molar-refractivity contribution is 6.06. The number of aromatic nitrogens is 2. The number of methoxy groups -OCH3 is 2. The molecule has 0 atom stereocenters. The van der Waals surface area contributed by atoms with Crippen LogP contribution in [0, 0.1) is 5.82 Å². The monoisotopic (exact) mass is 383 g/mol. The number of anilines is 1. The van der Waals surface area contributed by atoms with Crippen LogP contribution >= 0.6 is 0 Å². The van der Waals surface area contributed by atoms with E-state index in [9.17, 15) is 9.18 Å². The van der Waals surface area contributed by atoms with E-state index in [1.807, 2.05) is 13.0 Å². The van der Waals surface area contributed by atoms with Crippen LogP contribution in [0.2, 0.25) is 0 Å². The van der Waals surface area contributed by atoms with E-state index < -0.39 is 5.82 Å². The van der Waals surface area contributed by atoms with Crippen LogP contribution in [0.4, 0.5) is 10.1 Å². The summed E-state index contributed by atoms with van der Waals surface area (Å²) in [4.78, 5) is 12.7. The molecule has 1 aromatic heterocycles. The van der Waals surface area contributed by atoms with Gasteiger partial charge in [0.2, 0.25) is 0 Å². The first-order valence-corrected chi connectivity index (χ1v) is 8.94. The van der Waals surface area contributed by atoms with E-state index in [0.29, 0.717) is 28.4 Å². The highest BCUT2D eigenvalue weighted by atomic mass is 19.1. The topological polar surface area (TPSA) is 76.2 Å². The molecule has 3 rings (SSSR count). The van der Waals surface area contributed by atoms with Crippen molar-refractivity contribution in [3.05, 3.63) is 59.5 Å². The van der Waals surface area contributed by atoms with E-state index in [-0.39, 0.29) is 5.91 Å². The minimum Gasteiger partial charge on any atom is -0.493 e. The van der Waals surface area contributed by atoms with E-state index in [2.05, 4.69) is 15.5 Å². The number of carbonyl (C=O) groups excluding carboxylic acids is 1. The Morgan fingerprint density at radius 1 is 1.11 bits per heavy atom. The second-order valence-corrected chi connectivity index (χ2v) is 6.21. The van der Waals surface area contributed by atoms with Gasteiger partial charge in [-0.1, -0.05) is 13.3 Å². The van der Waals surface area contributed by atoms with Crippen LogP contribution < -0.4 is 14.8 Å². The van der Waals surface area contributed by atoms with E-state index in [1.165, 1.54) is 24.3 Å². The molecule has 1 heterocycles. The molecule has 146 valence electrons. The summed E-state index contributed by atoms with van der Waals surface area (Å²) < 4.78 is 23.8. The first-order chi connectivity index (χ1) is 13.6. The number of rotatable bonds is 7. The fraction of sp³-hybridized carbons (Fsp3) is 0.238. The molecule has 6 nitrogen and oxygen atoms in total. The maximum Gasteiger partial charge on any atom is 0.255 e. The molecule has 0 radical (unpaired) electrons. The van der Waals surface area contributed by atoms with Crippen molar-refractivity contribution in [2.45, 2.75) is 19.8 Å². The van der Waals surface area contributed by atoms with E-state index in [0.717, 1.165) is 24.1 Å². The third-order valence-electron chi connectivity index (χ3n) is 4.34. The number of benzene rings is 2. The second kappa shape index (κ2) is 8.56. The van der Waals surface area contributed by atoms with Gasteiger partial charge in [0.25, 0.3) is 5.91 Å². The Balaban J connectivity index is 1.99.